The van der Waals surface area contributed by atoms with Gasteiger partial charge < -0.3 is 24.0 Å². The number of carbonyl (C=O) groups is 2. The number of carbonyl (C=O) groups excluding carboxylic acids is 2. The maximum atomic E-state index is 12.6. The van der Waals surface area contributed by atoms with Crippen LogP contribution in [0.4, 0.5) is 0 Å². The van der Waals surface area contributed by atoms with Crippen LogP contribution in [0.2, 0.25) is 0 Å². The lowest BCUT2D eigenvalue weighted by atomic mass is 10.1. The molecule has 0 aliphatic carbocycles. The van der Waals surface area contributed by atoms with Crippen LogP contribution in [0.25, 0.3) is 0 Å². The van der Waals surface area contributed by atoms with E-state index in [4.69, 9.17) is 18.5 Å². The molecule has 2 unspecified atom stereocenters. The summed E-state index contributed by atoms with van der Waals surface area (Å²) in [5.41, 5.74) is 0. The smallest absolute Gasteiger partial charge is 0.462 e. The minimum Gasteiger partial charge on any atom is -0.462 e. The number of aliphatic hydroxyl groups excluding tert-OH is 1. The quantitative estimate of drug-likeness (QED) is 0.0159. The second kappa shape index (κ2) is 35.8. The molecule has 0 saturated carbocycles. The molecule has 0 aromatic carbocycles. The van der Waals surface area contributed by atoms with E-state index >= 15 is 0 Å². The Kier molecular flexibility index (Phi) is 34.1. The van der Waals surface area contributed by atoms with Crippen molar-refractivity contribution < 1.29 is 47.2 Å². The first-order valence-electron chi connectivity index (χ1n) is 20.8. The number of allylic oxidation sites excluding steroid dienone is 10. The summed E-state index contributed by atoms with van der Waals surface area (Å²) in [5.74, 6) is -0.925. The third kappa shape index (κ3) is 39.4. The van der Waals surface area contributed by atoms with Gasteiger partial charge in [0.25, 0.3) is 0 Å². The second-order valence-electron chi connectivity index (χ2n) is 14.8. The SMILES string of the molecule is CC/C=C\CC(O)/C=C/C=C/C/C=C\C/C=C\C/C=C\CCC(=O)OC[C@H](COP(=O)(O)OCC[N+](C)(C)C)OC(=O)CCCCCCCCCCCCC. The van der Waals surface area contributed by atoms with Crippen molar-refractivity contribution in [3.8, 4) is 0 Å². The predicted octanol–water partition coefficient (Wildman–Crippen LogP) is 10.4. The zero-order chi connectivity index (χ0) is 40.9. The van der Waals surface area contributed by atoms with E-state index in [0.29, 0.717) is 30.3 Å². The molecule has 0 aliphatic rings. The Balaban J connectivity index is 4.54. The lowest BCUT2D eigenvalue weighted by Gasteiger charge is -2.24. The van der Waals surface area contributed by atoms with Gasteiger partial charge in [-0.05, 0) is 44.9 Å². The van der Waals surface area contributed by atoms with Crippen molar-refractivity contribution in [2.75, 3.05) is 47.5 Å². The summed E-state index contributed by atoms with van der Waals surface area (Å²) < 4.78 is 34.1. The number of hydrogen-bond donors (Lipinski definition) is 2. The molecule has 0 rings (SSSR count). The van der Waals surface area contributed by atoms with Crippen LogP contribution < -0.4 is 0 Å². The molecule has 0 saturated heterocycles. The van der Waals surface area contributed by atoms with E-state index < -0.39 is 38.6 Å². The number of quaternary nitrogens is 1. The highest BCUT2D eigenvalue weighted by Gasteiger charge is 2.27. The molecule has 0 amide bonds. The number of unbranched alkanes of at least 4 members (excludes halogenated alkanes) is 10. The molecule has 0 radical (unpaired) electrons. The first-order valence-corrected chi connectivity index (χ1v) is 22.3. The topological polar surface area (TPSA) is 129 Å². The standard InChI is InChI=1S/C44H76NO9P/c1-6-8-10-11-12-13-17-22-25-28-32-36-44(48)54-42(40-53-55(49,50)52-38-37-45(3,4)5)39-51-43(47)35-31-27-24-21-19-16-14-15-18-20-23-26-30-34-41(46)33-29-9-7-2/h9,15-16,18-19,23-24,26-27,29-30,34,41-42,46H,6-8,10-14,17,20-22,25,28,31-33,35-40H2,1-5H3/p+1/b18-15-,19-16-,26-23+,27-24-,29-9-,34-30+/t41?,42-/m1/s1. The highest BCUT2D eigenvalue weighted by atomic mass is 31.2. The molecule has 3 atom stereocenters. The van der Waals surface area contributed by atoms with Gasteiger partial charge in [-0.25, -0.2) is 4.57 Å². The molecule has 0 bridgehead atoms. The van der Waals surface area contributed by atoms with E-state index in [-0.39, 0.29) is 26.1 Å². The van der Waals surface area contributed by atoms with E-state index in [1.54, 1.807) is 6.08 Å². The highest BCUT2D eigenvalue weighted by Crippen LogP contribution is 2.43. The number of phosphoric acid groups is 1. The maximum Gasteiger partial charge on any atom is 0.472 e. The van der Waals surface area contributed by atoms with Gasteiger partial charge in [0.1, 0.15) is 19.8 Å². The molecule has 10 nitrogen and oxygen atoms in total. The van der Waals surface area contributed by atoms with E-state index in [2.05, 4.69) is 38.2 Å². The van der Waals surface area contributed by atoms with Crippen LogP contribution in [-0.4, -0.2) is 86.1 Å². The molecule has 0 aromatic heterocycles. The van der Waals surface area contributed by atoms with Gasteiger partial charge >= 0.3 is 19.8 Å². The summed E-state index contributed by atoms with van der Waals surface area (Å²) in [6.45, 7) is 4.08. The first kappa shape index (κ1) is 52.4. The number of rotatable bonds is 36. The van der Waals surface area contributed by atoms with Gasteiger partial charge in [0.15, 0.2) is 6.10 Å². The van der Waals surface area contributed by atoms with Crippen LogP contribution in [0.5, 0.6) is 0 Å². The third-order valence-corrected chi connectivity index (χ3v) is 9.33. The Hall–Kier alpha value is -2.59. The first-order chi connectivity index (χ1) is 26.4. The number of nitrogens with zero attached hydrogens (tertiary/aromatic N) is 1. The normalized spacial score (nSPS) is 15.0. The molecule has 316 valence electrons. The second-order valence-corrected chi connectivity index (χ2v) is 16.3. The Morgan fingerprint density at radius 2 is 1.25 bits per heavy atom. The fourth-order valence-electron chi connectivity index (χ4n) is 5.06. The van der Waals surface area contributed by atoms with Gasteiger partial charge in [-0.15, -0.1) is 0 Å². The lowest BCUT2D eigenvalue weighted by Crippen LogP contribution is -2.37. The number of likely N-dealkylation sites (N-methyl/N-ethyl adjacent to an activating group) is 1. The van der Waals surface area contributed by atoms with Crippen LogP contribution in [-0.2, 0) is 32.7 Å². The summed E-state index contributed by atoms with van der Waals surface area (Å²) in [5, 5.41) is 9.83. The van der Waals surface area contributed by atoms with Gasteiger partial charge in [0.2, 0.25) is 0 Å². The predicted molar refractivity (Wildman–Crippen MR) is 225 cm³/mol. The number of ether oxygens (including phenoxy) is 2. The largest absolute Gasteiger partial charge is 0.472 e. The lowest BCUT2D eigenvalue weighted by molar-refractivity contribution is -0.870. The van der Waals surface area contributed by atoms with Gasteiger partial charge in [-0.1, -0.05) is 151 Å². The molecule has 0 aliphatic heterocycles. The summed E-state index contributed by atoms with van der Waals surface area (Å²) in [4.78, 5) is 35.2. The highest BCUT2D eigenvalue weighted by molar-refractivity contribution is 7.47. The Morgan fingerprint density at radius 3 is 1.85 bits per heavy atom. The fraction of sp³-hybridized carbons (Fsp3) is 0.682. The number of hydrogen-bond acceptors (Lipinski definition) is 8. The molecule has 0 fully saturated rings. The molecule has 11 heteroatoms. The van der Waals surface area contributed by atoms with Crippen molar-refractivity contribution in [3.63, 3.8) is 0 Å². The summed E-state index contributed by atoms with van der Waals surface area (Å²) in [6, 6.07) is 0. The van der Waals surface area contributed by atoms with Crippen molar-refractivity contribution in [1.82, 2.24) is 0 Å². The Bertz CT molecular complexity index is 1190. The van der Waals surface area contributed by atoms with Crippen LogP contribution in [0.15, 0.2) is 72.9 Å². The van der Waals surface area contributed by atoms with Crippen molar-refractivity contribution in [1.29, 1.82) is 0 Å². The molecular weight excluding hydrogens is 717 g/mol. The van der Waals surface area contributed by atoms with Crippen molar-refractivity contribution in [3.05, 3.63) is 72.9 Å². The Labute approximate surface area is 334 Å². The van der Waals surface area contributed by atoms with Crippen LogP contribution in [0.3, 0.4) is 0 Å². The van der Waals surface area contributed by atoms with Gasteiger partial charge in [0, 0.05) is 12.8 Å². The minimum absolute atomic E-state index is 0.0115. The molecule has 0 aromatic rings. The number of aliphatic hydroxyl groups is 1. The van der Waals surface area contributed by atoms with Crippen LogP contribution in [0.1, 0.15) is 136 Å². The van der Waals surface area contributed by atoms with E-state index in [9.17, 15) is 24.2 Å². The molecular formula is C44H77NO9P+. The molecule has 2 N–H and O–H groups in total. The zero-order valence-electron chi connectivity index (χ0n) is 35.0. The van der Waals surface area contributed by atoms with Gasteiger partial charge in [-0.2, -0.15) is 0 Å². The summed E-state index contributed by atoms with van der Waals surface area (Å²) in [6.07, 6.45) is 40.1. The van der Waals surface area contributed by atoms with Gasteiger partial charge in [-0.3, -0.25) is 18.6 Å². The van der Waals surface area contributed by atoms with Crippen molar-refractivity contribution >= 4 is 19.8 Å². The maximum absolute atomic E-state index is 12.6. The zero-order valence-corrected chi connectivity index (χ0v) is 35.9. The molecule has 0 heterocycles. The van der Waals surface area contributed by atoms with E-state index in [1.165, 1.54) is 44.9 Å². The van der Waals surface area contributed by atoms with E-state index in [0.717, 1.165) is 44.9 Å². The van der Waals surface area contributed by atoms with Crippen molar-refractivity contribution in [2.24, 2.45) is 0 Å². The Morgan fingerprint density at radius 1 is 0.673 bits per heavy atom. The van der Waals surface area contributed by atoms with Crippen molar-refractivity contribution in [2.45, 2.75) is 148 Å². The van der Waals surface area contributed by atoms with E-state index in [1.807, 2.05) is 63.7 Å². The number of esters is 2. The summed E-state index contributed by atoms with van der Waals surface area (Å²) >= 11 is 0. The fourth-order valence-corrected chi connectivity index (χ4v) is 5.81. The molecule has 0 spiro atoms. The molecule has 55 heavy (non-hydrogen) atoms. The monoisotopic (exact) mass is 795 g/mol. The minimum atomic E-state index is -4.40. The summed E-state index contributed by atoms with van der Waals surface area (Å²) in [7, 11) is 1.41. The average Bonchev–Trinajstić information content (AvgIpc) is 3.12. The number of phosphoric ester groups is 1. The van der Waals surface area contributed by atoms with Gasteiger partial charge in [0.05, 0.1) is 33.9 Å². The van der Waals surface area contributed by atoms with Crippen LogP contribution in [0, 0.1) is 0 Å². The third-order valence-electron chi connectivity index (χ3n) is 8.34. The average molecular weight is 795 g/mol. The van der Waals surface area contributed by atoms with Crippen LogP contribution >= 0.6 is 7.82 Å².